The van der Waals surface area contributed by atoms with Crippen LogP contribution in [0.15, 0.2) is 35.0 Å². The van der Waals surface area contributed by atoms with E-state index in [1.165, 1.54) is 0 Å². The minimum absolute atomic E-state index is 0.477. The molecule has 4 nitrogen and oxygen atoms in total. The molecule has 1 aromatic carbocycles. The van der Waals surface area contributed by atoms with Crippen molar-refractivity contribution in [3.63, 3.8) is 0 Å². The van der Waals surface area contributed by atoms with Gasteiger partial charge >= 0.3 is 0 Å². The first-order valence-electron chi connectivity index (χ1n) is 7.38. The molecular weight excluding hydrogens is 320 g/mol. The molecule has 0 unspecified atom stereocenters. The Balaban J connectivity index is 1.72. The third-order valence-corrected chi connectivity index (χ3v) is 5.79. The highest BCUT2D eigenvalue weighted by Crippen LogP contribution is 2.27. The number of halogens is 1. The highest BCUT2D eigenvalue weighted by molar-refractivity contribution is 7.85. The molecule has 0 aliphatic carbocycles. The summed E-state index contributed by atoms with van der Waals surface area (Å²) in [5.41, 5.74) is 2.05. The number of aromatic nitrogens is 1. The Bertz CT molecular complexity index is 646. The van der Waals surface area contributed by atoms with E-state index in [-0.39, 0.29) is 0 Å². The summed E-state index contributed by atoms with van der Waals surface area (Å²) in [6.07, 6.45) is 3.76. The van der Waals surface area contributed by atoms with Crippen molar-refractivity contribution in [3.05, 3.63) is 41.0 Å². The lowest BCUT2D eigenvalue weighted by Crippen LogP contribution is -2.36. The van der Waals surface area contributed by atoms with E-state index in [1.54, 1.807) is 6.20 Å². The number of nitrogens with zero attached hydrogens (tertiary/aromatic N) is 2. The van der Waals surface area contributed by atoms with Crippen LogP contribution in [0.25, 0.3) is 11.3 Å². The summed E-state index contributed by atoms with van der Waals surface area (Å²) in [6, 6.07) is 8.06. The maximum atomic E-state index is 11.5. The SMILES string of the molecule is CN(Cc1cnoc1-c1ccc(Cl)cc1)C1CCS(=O)CC1. The van der Waals surface area contributed by atoms with Gasteiger partial charge in [0.1, 0.15) is 0 Å². The van der Waals surface area contributed by atoms with Crippen LogP contribution in [0.4, 0.5) is 0 Å². The third-order valence-electron chi connectivity index (χ3n) is 4.15. The first-order chi connectivity index (χ1) is 10.6. The van der Waals surface area contributed by atoms with Gasteiger partial charge in [0.2, 0.25) is 0 Å². The van der Waals surface area contributed by atoms with E-state index in [9.17, 15) is 4.21 Å². The molecule has 0 saturated carbocycles. The molecular formula is C16H19ClN2O2S. The summed E-state index contributed by atoms with van der Waals surface area (Å²) < 4.78 is 16.9. The van der Waals surface area contributed by atoms with Gasteiger partial charge in [-0.2, -0.15) is 0 Å². The number of rotatable bonds is 4. The predicted molar refractivity (Wildman–Crippen MR) is 89.3 cm³/mol. The second-order valence-corrected chi connectivity index (χ2v) is 7.81. The zero-order valence-corrected chi connectivity index (χ0v) is 14.1. The van der Waals surface area contributed by atoms with Crippen LogP contribution in [0.2, 0.25) is 5.02 Å². The van der Waals surface area contributed by atoms with Crippen molar-refractivity contribution >= 4 is 22.4 Å². The highest BCUT2D eigenvalue weighted by Gasteiger charge is 2.23. The largest absolute Gasteiger partial charge is 0.356 e. The Morgan fingerprint density at radius 1 is 1.32 bits per heavy atom. The molecule has 0 bridgehead atoms. The second kappa shape index (κ2) is 6.94. The minimum atomic E-state index is -0.623. The Labute approximate surface area is 137 Å². The molecule has 118 valence electrons. The summed E-state index contributed by atoms with van der Waals surface area (Å²) in [7, 11) is 1.49. The van der Waals surface area contributed by atoms with E-state index in [4.69, 9.17) is 16.1 Å². The van der Waals surface area contributed by atoms with E-state index < -0.39 is 10.8 Å². The average molecular weight is 339 g/mol. The summed E-state index contributed by atoms with van der Waals surface area (Å²) >= 11 is 5.93. The molecule has 22 heavy (non-hydrogen) atoms. The first kappa shape index (κ1) is 15.7. The molecule has 0 radical (unpaired) electrons. The van der Waals surface area contributed by atoms with E-state index in [0.29, 0.717) is 11.1 Å². The van der Waals surface area contributed by atoms with Gasteiger partial charge in [-0.1, -0.05) is 16.8 Å². The smallest absolute Gasteiger partial charge is 0.171 e. The number of hydrogen-bond donors (Lipinski definition) is 0. The van der Waals surface area contributed by atoms with Gasteiger partial charge in [-0.25, -0.2) is 0 Å². The van der Waals surface area contributed by atoms with Crippen molar-refractivity contribution in [1.82, 2.24) is 10.1 Å². The van der Waals surface area contributed by atoms with Crippen LogP contribution < -0.4 is 0 Å². The predicted octanol–water partition coefficient (Wildman–Crippen LogP) is 3.34. The molecule has 0 N–H and O–H groups in total. The quantitative estimate of drug-likeness (QED) is 0.857. The van der Waals surface area contributed by atoms with Crippen molar-refractivity contribution < 1.29 is 8.73 Å². The second-order valence-electron chi connectivity index (χ2n) is 5.68. The fraction of sp³-hybridized carbons (Fsp3) is 0.438. The maximum absolute atomic E-state index is 11.5. The van der Waals surface area contributed by atoms with Gasteiger partial charge in [-0.3, -0.25) is 9.11 Å². The Kier molecular flexibility index (Phi) is 4.96. The number of hydrogen-bond acceptors (Lipinski definition) is 4. The third kappa shape index (κ3) is 3.59. The van der Waals surface area contributed by atoms with Crippen molar-refractivity contribution in [2.45, 2.75) is 25.4 Å². The van der Waals surface area contributed by atoms with E-state index in [2.05, 4.69) is 17.1 Å². The lowest BCUT2D eigenvalue weighted by molar-refractivity contribution is 0.220. The zero-order chi connectivity index (χ0) is 15.5. The molecule has 1 fully saturated rings. The van der Waals surface area contributed by atoms with E-state index in [0.717, 1.165) is 47.8 Å². The Morgan fingerprint density at radius 3 is 2.68 bits per heavy atom. The molecule has 1 aromatic heterocycles. The summed E-state index contributed by atoms with van der Waals surface area (Å²) in [4.78, 5) is 2.31. The number of benzene rings is 1. The molecule has 1 saturated heterocycles. The molecule has 1 aliphatic rings. The van der Waals surface area contributed by atoms with Crippen molar-refractivity contribution in [1.29, 1.82) is 0 Å². The zero-order valence-electron chi connectivity index (χ0n) is 12.5. The molecule has 3 rings (SSSR count). The van der Waals surface area contributed by atoms with Gasteiger partial charge in [0.05, 0.1) is 6.20 Å². The van der Waals surface area contributed by atoms with Crippen LogP contribution >= 0.6 is 11.6 Å². The molecule has 0 atom stereocenters. The fourth-order valence-corrected chi connectivity index (χ4v) is 4.23. The van der Waals surface area contributed by atoms with Crippen molar-refractivity contribution in [3.8, 4) is 11.3 Å². The minimum Gasteiger partial charge on any atom is -0.356 e. The standard InChI is InChI=1S/C16H19ClN2O2S/c1-19(15-6-8-22(20)9-7-15)11-13-10-18-21-16(13)12-2-4-14(17)5-3-12/h2-5,10,15H,6-9,11H2,1H3. The van der Waals surface area contributed by atoms with Crippen molar-refractivity contribution in [2.75, 3.05) is 18.6 Å². The van der Waals surface area contributed by atoms with E-state index >= 15 is 0 Å². The first-order valence-corrected chi connectivity index (χ1v) is 9.25. The Hall–Kier alpha value is -1.17. The molecule has 0 spiro atoms. The highest BCUT2D eigenvalue weighted by atomic mass is 35.5. The molecule has 0 amide bonds. The lowest BCUT2D eigenvalue weighted by Gasteiger charge is -2.30. The van der Waals surface area contributed by atoms with Gasteiger partial charge < -0.3 is 4.52 Å². The lowest BCUT2D eigenvalue weighted by atomic mass is 10.1. The van der Waals surface area contributed by atoms with Crippen LogP contribution in [-0.2, 0) is 17.3 Å². The van der Waals surface area contributed by atoms with Gasteiger partial charge in [0, 0.05) is 51.0 Å². The van der Waals surface area contributed by atoms with Crippen LogP contribution in [0, 0.1) is 0 Å². The van der Waals surface area contributed by atoms with Gasteiger partial charge in [0.25, 0.3) is 0 Å². The fourth-order valence-electron chi connectivity index (χ4n) is 2.83. The summed E-state index contributed by atoms with van der Waals surface area (Å²) in [6.45, 7) is 0.777. The van der Waals surface area contributed by atoms with Crippen LogP contribution in [0.5, 0.6) is 0 Å². The molecule has 1 aliphatic heterocycles. The van der Waals surface area contributed by atoms with Gasteiger partial charge in [-0.15, -0.1) is 0 Å². The summed E-state index contributed by atoms with van der Waals surface area (Å²) in [5, 5.41) is 4.65. The van der Waals surface area contributed by atoms with Crippen LogP contribution in [-0.4, -0.2) is 38.9 Å². The molecule has 2 heterocycles. The van der Waals surface area contributed by atoms with Crippen LogP contribution in [0.3, 0.4) is 0 Å². The summed E-state index contributed by atoms with van der Waals surface area (Å²) in [5.74, 6) is 2.41. The monoisotopic (exact) mass is 338 g/mol. The average Bonchev–Trinajstić information content (AvgIpc) is 2.97. The normalized spacial score (nSPS) is 22.1. The van der Waals surface area contributed by atoms with Crippen molar-refractivity contribution in [2.24, 2.45) is 0 Å². The molecule has 6 heteroatoms. The Morgan fingerprint density at radius 2 is 2.00 bits per heavy atom. The topological polar surface area (TPSA) is 46.3 Å². The van der Waals surface area contributed by atoms with Gasteiger partial charge in [-0.05, 0) is 44.2 Å². The maximum Gasteiger partial charge on any atom is 0.171 e. The molecule has 2 aromatic rings. The van der Waals surface area contributed by atoms with Gasteiger partial charge in [0.15, 0.2) is 5.76 Å². The van der Waals surface area contributed by atoms with Crippen LogP contribution in [0.1, 0.15) is 18.4 Å². The van der Waals surface area contributed by atoms with E-state index in [1.807, 2.05) is 24.3 Å².